The third-order valence-electron chi connectivity index (χ3n) is 4.83. The quantitative estimate of drug-likeness (QED) is 0.617. The molecule has 3 saturated heterocycles. The van der Waals surface area contributed by atoms with Gasteiger partial charge >= 0.3 is 6.03 Å². The van der Waals surface area contributed by atoms with Crippen LogP contribution in [0.1, 0.15) is 13.8 Å². The predicted molar refractivity (Wildman–Crippen MR) is 87.0 cm³/mol. The zero-order chi connectivity index (χ0) is 18.7. The molecule has 5 atom stereocenters. The number of nitrogens with one attached hydrogen (secondary N) is 1. The number of aliphatic hydroxyl groups is 2. The van der Waals surface area contributed by atoms with Gasteiger partial charge in [-0.3, -0.25) is 10.1 Å². The smallest absolute Gasteiger partial charge is 0.331 e. The van der Waals surface area contributed by atoms with E-state index in [-0.39, 0.29) is 6.61 Å². The summed E-state index contributed by atoms with van der Waals surface area (Å²) < 4.78 is 16.9. The van der Waals surface area contributed by atoms with E-state index in [0.717, 1.165) is 4.90 Å². The molecule has 3 aliphatic rings. The second-order valence-corrected chi connectivity index (χ2v) is 7.03. The van der Waals surface area contributed by atoms with Gasteiger partial charge in [0.1, 0.15) is 24.4 Å². The number of hydrogen-bond donors (Lipinski definition) is 3. The van der Waals surface area contributed by atoms with Gasteiger partial charge in [-0.15, -0.1) is 0 Å². The van der Waals surface area contributed by atoms with Crippen LogP contribution in [0, 0.1) is 0 Å². The highest BCUT2D eigenvalue weighted by Crippen LogP contribution is 2.40. The Balaban J connectivity index is 1.63. The van der Waals surface area contributed by atoms with Crippen LogP contribution >= 0.6 is 0 Å². The van der Waals surface area contributed by atoms with Crippen LogP contribution in [-0.2, 0) is 19.0 Å². The van der Waals surface area contributed by atoms with Crippen molar-refractivity contribution in [2.45, 2.75) is 49.8 Å². The molecule has 0 bridgehead atoms. The Morgan fingerprint density at radius 2 is 1.85 bits per heavy atom. The van der Waals surface area contributed by atoms with Crippen LogP contribution < -0.4 is 10.2 Å². The van der Waals surface area contributed by atoms with Crippen molar-refractivity contribution in [2.75, 3.05) is 11.5 Å². The molecule has 1 spiro atoms. The number of urea groups is 1. The molecule has 140 valence electrons. The lowest BCUT2D eigenvalue weighted by molar-refractivity contribution is -0.174. The van der Waals surface area contributed by atoms with Gasteiger partial charge in [0.05, 0.1) is 12.3 Å². The Hall–Kier alpha value is -2.04. The van der Waals surface area contributed by atoms with Crippen molar-refractivity contribution in [3.63, 3.8) is 0 Å². The van der Waals surface area contributed by atoms with Gasteiger partial charge in [0.25, 0.3) is 11.6 Å². The monoisotopic (exact) mass is 364 g/mol. The Kier molecular flexibility index (Phi) is 3.83. The third kappa shape index (κ3) is 2.43. The SMILES string of the molecule is CC1(C)OC[C@H]([C@H]2O[C@]3(NC(=O)N(c4ccccc4)C3=O)[C@H](O)[C@H]2O)O1. The number of carbonyl (C=O) groups excluding carboxylic acids is 2. The summed E-state index contributed by atoms with van der Waals surface area (Å²) >= 11 is 0. The third-order valence-corrected chi connectivity index (χ3v) is 4.83. The van der Waals surface area contributed by atoms with Gasteiger partial charge in [-0.1, -0.05) is 18.2 Å². The average Bonchev–Trinajstić information content (AvgIpc) is 3.17. The fourth-order valence-electron chi connectivity index (χ4n) is 3.57. The summed E-state index contributed by atoms with van der Waals surface area (Å²) in [5.41, 5.74) is -1.73. The van der Waals surface area contributed by atoms with E-state index in [9.17, 15) is 19.8 Å². The minimum absolute atomic E-state index is 0.127. The van der Waals surface area contributed by atoms with Crippen LogP contribution in [0.2, 0.25) is 0 Å². The number of para-hydroxylation sites is 1. The summed E-state index contributed by atoms with van der Waals surface area (Å²) in [5, 5.41) is 23.4. The standard InChI is InChI=1S/C17H20N2O7/c1-16(2)24-8-10(25-16)12-11(20)13(21)17(26-12)14(22)19(15(23)18-17)9-6-4-3-5-7-9/h3-7,10-13,20-21H,8H2,1-2H3,(H,18,23)/t10-,11+,12-,13-,17-/m1/s1. The molecule has 0 radical (unpaired) electrons. The van der Waals surface area contributed by atoms with Gasteiger partial charge in [-0.2, -0.15) is 0 Å². The highest BCUT2D eigenvalue weighted by atomic mass is 16.8. The van der Waals surface area contributed by atoms with E-state index in [4.69, 9.17) is 14.2 Å². The number of imide groups is 1. The van der Waals surface area contributed by atoms with E-state index < -0.39 is 47.9 Å². The molecular formula is C17H20N2O7. The molecule has 3 aliphatic heterocycles. The second-order valence-electron chi connectivity index (χ2n) is 7.03. The van der Waals surface area contributed by atoms with Crippen LogP contribution in [0.3, 0.4) is 0 Å². The lowest BCUT2D eigenvalue weighted by Gasteiger charge is -2.25. The average molecular weight is 364 g/mol. The van der Waals surface area contributed by atoms with Crippen LogP contribution in [0.25, 0.3) is 0 Å². The molecule has 3 N–H and O–H groups in total. The maximum absolute atomic E-state index is 13.0. The number of nitrogens with zero attached hydrogens (tertiary/aromatic N) is 1. The number of ether oxygens (including phenoxy) is 3. The van der Waals surface area contributed by atoms with Crippen LogP contribution in [-0.4, -0.2) is 64.7 Å². The second kappa shape index (κ2) is 5.73. The van der Waals surface area contributed by atoms with Crippen LogP contribution in [0.5, 0.6) is 0 Å². The molecule has 9 nitrogen and oxygen atoms in total. The van der Waals surface area contributed by atoms with Gasteiger partial charge in [-0.25, -0.2) is 9.69 Å². The largest absolute Gasteiger partial charge is 0.387 e. The van der Waals surface area contributed by atoms with E-state index in [0.29, 0.717) is 5.69 Å². The summed E-state index contributed by atoms with van der Waals surface area (Å²) in [4.78, 5) is 26.2. The molecular weight excluding hydrogens is 344 g/mol. The molecule has 0 unspecified atom stereocenters. The Morgan fingerprint density at radius 3 is 2.46 bits per heavy atom. The minimum atomic E-state index is -2.06. The summed E-state index contributed by atoms with van der Waals surface area (Å²) in [6, 6.07) is 7.53. The fourth-order valence-corrected chi connectivity index (χ4v) is 3.57. The van der Waals surface area contributed by atoms with Crippen molar-refractivity contribution in [1.82, 2.24) is 5.32 Å². The van der Waals surface area contributed by atoms with Gasteiger partial charge in [0.2, 0.25) is 0 Å². The van der Waals surface area contributed by atoms with E-state index >= 15 is 0 Å². The number of anilines is 1. The normalized spacial score (nSPS) is 39.0. The van der Waals surface area contributed by atoms with Gasteiger partial charge < -0.3 is 24.4 Å². The van der Waals surface area contributed by atoms with Gasteiger partial charge in [0, 0.05) is 0 Å². The van der Waals surface area contributed by atoms with E-state index in [1.807, 2.05) is 0 Å². The summed E-state index contributed by atoms with van der Waals surface area (Å²) in [6.45, 7) is 3.54. The molecule has 3 amide bonds. The summed E-state index contributed by atoms with van der Waals surface area (Å²) in [5.74, 6) is -1.66. The Bertz CT molecular complexity index is 740. The number of amides is 3. The number of benzene rings is 1. The van der Waals surface area contributed by atoms with Crippen molar-refractivity contribution in [1.29, 1.82) is 0 Å². The Labute approximate surface area is 149 Å². The highest BCUT2D eigenvalue weighted by Gasteiger charge is 2.67. The van der Waals surface area contributed by atoms with Crippen molar-refractivity contribution >= 4 is 17.6 Å². The summed E-state index contributed by atoms with van der Waals surface area (Å²) in [7, 11) is 0. The number of rotatable bonds is 2. The first-order valence-corrected chi connectivity index (χ1v) is 8.33. The first-order valence-electron chi connectivity index (χ1n) is 8.33. The topological polar surface area (TPSA) is 118 Å². The van der Waals surface area contributed by atoms with Crippen molar-refractivity contribution in [2.24, 2.45) is 0 Å². The molecule has 0 saturated carbocycles. The van der Waals surface area contributed by atoms with Gasteiger partial charge in [0.15, 0.2) is 5.79 Å². The Morgan fingerprint density at radius 1 is 1.15 bits per heavy atom. The molecule has 4 rings (SSSR count). The lowest BCUT2D eigenvalue weighted by Crippen LogP contribution is -2.56. The maximum Gasteiger partial charge on any atom is 0.331 e. The molecule has 1 aromatic carbocycles. The predicted octanol–water partition coefficient (Wildman–Crippen LogP) is -0.289. The van der Waals surface area contributed by atoms with Gasteiger partial charge in [-0.05, 0) is 26.0 Å². The number of hydrogen-bond acceptors (Lipinski definition) is 7. The molecule has 9 heteroatoms. The zero-order valence-corrected chi connectivity index (χ0v) is 14.3. The van der Waals surface area contributed by atoms with Crippen LogP contribution in [0.4, 0.5) is 10.5 Å². The molecule has 26 heavy (non-hydrogen) atoms. The zero-order valence-electron chi connectivity index (χ0n) is 14.3. The van der Waals surface area contributed by atoms with E-state index in [2.05, 4.69) is 5.32 Å². The summed E-state index contributed by atoms with van der Waals surface area (Å²) in [6.07, 6.45) is -4.81. The number of aliphatic hydroxyl groups excluding tert-OH is 2. The van der Waals surface area contributed by atoms with Crippen molar-refractivity contribution < 1.29 is 34.0 Å². The lowest BCUT2D eigenvalue weighted by atomic mass is 10.0. The highest BCUT2D eigenvalue weighted by molar-refractivity contribution is 6.23. The number of carbonyl (C=O) groups is 2. The first-order chi connectivity index (χ1) is 12.3. The maximum atomic E-state index is 13.0. The molecule has 3 heterocycles. The molecule has 3 fully saturated rings. The molecule has 1 aromatic rings. The van der Waals surface area contributed by atoms with Crippen molar-refractivity contribution in [3.8, 4) is 0 Å². The van der Waals surface area contributed by atoms with Crippen molar-refractivity contribution in [3.05, 3.63) is 30.3 Å². The van der Waals surface area contributed by atoms with Crippen LogP contribution in [0.15, 0.2) is 30.3 Å². The molecule has 0 aromatic heterocycles. The van der Waals surface area contributed by atoms with E-state index in [1.165, 1.54) is 0 Å². The first kappa shape index (κ1) is 17.4. The molecule has 0 aliphatic carbocycles. The minimum Gasteiger partial charge on any atom is -0.387 e. The van der Waals surface area contributed by atoms with E-state index in [1.54, 1.807) is 44.2 Å². The fraction of sp³-hybridized carbons (Fsp3) is 0.529.